The highest BCUT2D eigenvalue weighted by atomic mass is 16.2. The number of likely N-dealkylation sites (tertiary alicyclic amines) is 1. The van der Waals surface area contributed by atoms with Crippen molar-refractivity contribution in [1.29, 1.82) is 0 Å². The molecule has 1 fully saturated rings. The van der Waals surface area contributed by atoms with Crippen LogP contribution in [0.15, 0.2) is 12.3 Å². The van der Waals surface area contributed by atoms with Gasteiger partial charge in [-0.3, -0.25) is 9.48 Å². The van der Waals surface area contributed by atoms with Crippen LogP contribution in [0.4, 0.5) is 0 Å². The highest BCUT2D eigenvalue weighted by molar-refractivity contribution is 5.92. The molecule has 82 valence electrons. The van der Waals surface area contributed by atoms with Gasteiger partial charge in [0.05, 0.1) is 0 Å². The van der Waals surface area contributed by atoms with Crippen LogP contribution in [-0.2, 0) is 7.05 Å². The number of aromatic nitrogens is 2. The van der Waals surface area contributed by atoms with Gasteiger partial charge < -0.3 is 4.90 Å². The molecule has 1 aromatic heterocycles. The van der Waals surface area contributed by atoms with E-state index in [1.165, 1.54) is 0 Å². The van der Waals surface area contributed by atoms with Crippen molar-refractivity contribution < 1.29 is 4.79 Å². The minimum atomic E-state index is 0.0978. The van der Waals surface area contributed by atoms with E-state index in [9.17, 15) is 4.79 Å². The Morgan fingerprint density at radius 2 is 2.27 bits per heavy atom. The van der Waals surface area contributed by atoms with Crippen molar-refractivity contribution in [3.8, 4) is 0 Å². The van der Waals surface area contributed by atoms with Crippen molar-refractivity contribution in [1.82, 2.24) is 14.7 Å². The molecule has 0 aliphatic carbocycles. The molecule has 2 rings (SSSR count). The molecule has 0 aromatic carbocycles. The molecule has 1 aliphatic rings. The number of aryl methyl sites for hydroxylation is 1. The summed E-state index contributed by atoms with van der Waals surface area (Å²) in [5.74, 6) is 0.0978. The molecule has 0 bridgehead atoms. The summed E-state index contributed by atoms with van der Waals surface area (Å²) in [4.78, 5) is 14.0. The van der Waals surface area contributed by atoms with Crippen molar-refractivity contribution in [2.45, 2.75) is 20.3 Å². The lowest BCUT2D eigenvalue weighted by Gasteiger charge is -2.19. The smallest absolute Gasteiger partial charge is 0.272 e. The molecular formula is C11H17N3O. The zero-order valence-electron chi connectivity index (χ0n) is 9.53. The van der Waals surface area contributed by atoms with Gasteiger partial charge in [0.1, 0.15) is 5.69 Å². The van der Waals surface area contributed by atoms with Crippen LogP contribution in [0.2, 0.25) is 0 Å². The Morgan fingerprint density at radius 1 is 1.53 bits per heavy atom. The summed E-state index contributed by atoms with van der Waals surface area (Å²) in [6, 6.07) is 1.77. The molecule has 0 atom stereocenters. The van der Waals surface area contributed by atoms with E-state index < -0.39 is 0 Å². The Morgan fingerprint density at radius 3 is 2.73 bits per heavy atom. The van der Waals surface area contributed by atoms with Gasteiger partial charge in [-0.25, -0.2) is 0 Å². The second kappa shape index (κ2) is 3.36. The van der Waals surface area contributed by atoms with Crippen LogP contribution in [0.3, 0.4) is 0 Å². The third-order valence-corrected chi connectivity index (χ3v) is 3.00. The lowest BCUT2D eigenvalue weighted by Crippen LogP contribution is -2.31. The Balaban J connectivity index is 2.14. The van der Waals surface area contributed by atoms with Gasteiger partial charge in [0.15, 0.2) is 0 Å². The second-order valence-corrected chi connectivity index (χ2v) is 4.98. The van der Waals surface area contributed by atoms with Gasteiger partial charge in [0.2, 0.25) is 0 Å². The van der Waals surface area contributed by atoms with Crippen molar-refractivity contribution >= 4 is 5.91 Å². The highest BCUT2D eigenvalue weighted by Crippen LogP contribution is 2.29. The number of nitrogens with zero attached hydrogens (tertiary/aromatic N) is 3. The minimum Gasteiger partial charge on any atom is -0.337 e. The van der Waals surface area contributed by atoms with Crippen LogP contribution >= 0.6 is 0 Å². The number of carbonyl (C=O) groups is 1. The Kier molecular flexibility index (Phi) is 2.29. The van der Waals surface area contributed by atoms with E-state index in [1.54, 1.807) is 24.0 Å². The van der Waals surface area contributed by atoms with Crippen LogP contribution in [0.25, 0.3) is 0 Å². The normalized spacial score (nSPS) is 19.5. The van der Waals surface area contributed by atoms with E-state index in [0.717, 1.165) is 19.5 Å². The standard InChI is InChI=1S/C11H17N3O/c1-11(2)5-7-14(8-11)10(15)9-4-6-12-13(9)3/h4,6H,5,7-8H2,1-3H3. The Bertz CT molecular complexity index is 381. The van der Waals surface area contributed by atoms with E-state index in [2.05, 4.69) is 18.9 Å². The van der Waals surface area contributed by atoms with Gasteiger partial charge in [-0.15, -0.1) is 0 Å². The lowest BCUT2D eigenvalue weighted by atomic mass is 9.93. The van der Waals surface area contributed by atoms with Crippen LogP contribution < -0.4 is 0 Å². The SMILES string of the molecule is Cn1nccc1C(=O)N1CCC(C)(C)C1. The largest absolute Gasteiger partial charge is 0.337 e. The van der Waals surface area contributed by atoms with Crippen LogP contribution in [0.1, 0.15) is 30.8 Å². The topological polar surface area (TPSA) is 38.1 Å². The first-order chi connectivity index (χ1) is 6.99. The first-order valence-electron chi connectivity index (χ1n) is 5.27. The second-order valence-electron chi connectivity index (χ2n) is 4.98. The molecule has 1 aliphatic heterocycles. The first-order valence-corrected chi connectivity index (χ1v) is 5.27. The summed E-state index contributed by atoms with van der Waals surface area (Å²) < 4.78 is 1.63. The van der Waals surface area contributed by atoms with E-state index >= 15 is 0 Å². The van der Waals surface area contributed by atoms with Gasteiger partial charge >= 0.3 is 0 Å². The van der Waals surface area contributed by atoms with E-state index in [4.69, 9.17) is 0 Å². The van der Waals surface area contributed by atoms with Crippen LogP contribution in [0.5, 0.6) is 0 Å². The van der Waals surface area contributed by atoms with Gasteiger partial charge in [-0.2, -0.15) is 5.10 Å². The maximum atomic E-state index is 12.1. The summed E-state index contributed by atoms with van der Waals surface area (Å²) in [6.45, 7) is 6.10. The first kappa shape index (κ1) is 10.2. The fourth-order valence-corrected chi connectivity index (χ4v) is 2.03. The number of rotatable bonds is 1. The molecule has 1 amide bonds. The summed E-state index contributed by atoms with van der Waals surface area (Å²) in [5, 5.41) is 4.01. The molecular weight excluding hydrogens is 190 g/mol. The summed E-state index contributed by atoms with van der Waals surface area (Å²) >= 11 is 0. The average molecular weight is 207 g/mol. The van der Waals surface area contributed by atoms with Crippen molar-refractivity contribution in [3.63, 3.8) is 0 Å². The Hall–Kier alpha value is -1.32. The predicted molar refractivity (Wildman–Crippen MR) is 57.5 cm³/mol. The zero-order valence-corrected chi connectivity index (χ0v) is 9.53. The quantitative estimate of drug-likeness (QED) is 0.696. The van der Waals surface area contributed by atoms with Crippen LogP contribution in [0, 0.1) is 5.41 Å². The molecule has 0 saturated carbocycles. The van der Waals surface area contributed by atoms with E-state index in [-0.39, 0.29) is 11.3 Å². The molecule has 0 unspecified atom stereocenters. The van der Waals surface area contributed by atoms with Gasteiger partial charge in [0, 0.05) is 26.3 Å². The van der Waals surface area contributed by atoms with E-state index in [1.807, 2.05) is 4.90 Å². The number of amides is 1. The Labute approximate surface area is 89.9 Å². The summed E-state index contributed by atoms with van der Waals surface area (Å²) in [5.41, 5.74) is 0.932. The third-order valence-electron chi connectivity index (χ3n) is 3.00. The number of carbonyl (C=O) groups excluding carboxylic acids is 1. The van der Waals surface area contributed by atoms with E-state index in [0.29, 0.717) is 5.69 Å². The molecule has 0 radical (unpaired) electrons. The van der Waals surface area contributed by atoms with Gasteiger partial charge in [-0.05, 0) is 17.9 Å². The van der Waals surface area contributed by atoms with Crippen molar-refractivity contribution in [2.75, 3.05) is 13.1 Å². The average Bonchev–Trinajstić information content (AvgIpc) is 2.71. The predicted octanol–water partition coefficient (Wildman–Crippen LogP) is 1.29. The molecule has 15 heavy (non-hydrogen) atoms. The van der Waals surface area contributed by atoms with Crippen LogP contribution in [-0.4, -0.2) is 33.7 Å². The van der Waals surface area contributed by atoms with Gasteiger partial charge in [-0.1, -0.05) is 13.8 Å². The number of hydrogen-bond acceptors (Lipinski definition) is 2. The molecule has 1 saturated heterocycles. The molecule has 4 heteroatoms. The van der Waals surface area contributed by atoms with Gasteiger partial charge in [0.25, 0.3) is 5.91 Å². The fourth-order valence-electron chi connectivity index (χ4n) is 2.03. The number of hydrogen-bond donors (Lipinski definition) is 0. The highest BCUT2D eigenvalue weighted by Gasteiger charge is 2.33. The molecule has 0 spiro atoms. The van der Waals surface area contributed by atoms with Crippen molar-refractivity contribution in [2.24, 2.45) is 12.5 Å². The lowest BCUT2D eigenvalue weighted by molar-refractivity contribution is 0.0767. The fraction of sp³-hybridized carbons (Fsp3) is 0.636. The third kappa shape index (κ3) is 1.89. The summed E-state index contributed by atoms with van der Waals surface area (Å²) in [7, 11) is 1.80. The molecule has 4 nitrogen and oxygen atoms in total. The molecule has 2 heterocycles. The maximum absolute atomic E-state index is 12.1. The monoisotopic (exact) mass is 207 g/mol. The summed E-state index contributed by atoms with van der Waals surface area (Å²) in [6.07, 6.45) is 2.74. The minimum absolute atomic E-state index is 0.0978. The van der Waals surface area contributed by atoms with Crippen molar-refractivity contribution in [3.05, 3.63) is 18.0 Å². The molecule has 1 aromatic rings. The molecule has 0 N–H and O–H groups in total. The maximum Gasteiger partial charge on any atom is 0.272 e. The zero-order chi connectivity index (χ0) is 11.1.